The molecule has 2 aromatic carbocycles. The second kappa shape index (κ2) is 6.70. The van der Waals surface area contributed by atoms with Crippen molar-refractivity contribution in [3.8, 4) is 5.75 Å². The Labute approximate surface area is 160 Å². The predicted molar refractivity (Wildman–Crippen MR) is 100 cm³/mol. The average Bonchev–Trinajstić information content (AvgIpc) is 2.92. The maximum Gasteiger partial charge on any atom is 0.273 e. The van der Waals surface area contributed by atoms with Gasteiger partial charge in [0.2, 0.25) is 5.91 Å². The van der Waals surface area contributed by atoms with Gasteiger partial charge in [0.15, 0.2) is 5.41 Å². The van der Waals surface area contributed by atoms with Crippen LogP contribution in [0, 0.1) is 0 Å². The number of ether oxygens (including phenoxy) is 1. The summed E-state index contributed by atoms with van der Waals surface area (Å²) in [5.74, 6) is -4.27. The second-order valence-electron chi connectivity index (χ2n) is 6.58. The van der Waals surface area contributed by atoms with Gasteiger partial charge in [0.25, 0.3) is 11.8 Å². The summed E-state index contributed by atoms with van der Waals surface area (Å²) in [5.41, 5.74) is 3.89. The van der Waals surface area contributed by atoms with Gasteiger partial charge in [-0.05, 0) is 42.8 Å². The van der Waals surface area contributed by atoms with Crippen molar-refractivity contribution in [1.29, 1.82) is 0 Å². The SMILES string of the molecule is COc1ccc(N2N=C(C)C(C(N)=O)(c3cccc(C(C)(F)F)c3)C2=O)cc1. The summed E-state index contributed by atoms with van der Waals surface area (Å²) < 4.78 is 32.7. The van der Waals surface area contributed by atoms with Crippen LogP contribution in [0.2, 0.25) is 0 Å². The van der Waals surface area contributed by atoms with Gasteiger partial charge >= 0.3 is 0 Å². The summed E-state index contributed by atoms with van der Waals surface area (Å²) in [7, 11) is 1.51. The Balaban J connectivity index is 2.13. The molecule has 1 aliphatic rings. The minimum Gasteiger partial charge on any atom is -0.497 e. The van der Waals surface area contributed by atoms with E-state index in [1.807, 2.05) is 0 Å². The lowest BCUT2D eigenvalue weighted by Gasteiger charge is -2.26. The molecule has 2 aromatic rings. The average molecular weight is 387 g/mol. The summed E-state index contributed by atoms with van der Waals surface area (Å²) >= 11 is 0. The van der Waals surface area contributed by atoms with Gasteiger partial charge < -0.3 is 10.5 Å². The first-order chi connectivity index (χ1) is 13.1. The first kappa shape index (κ1) is 19.5. The molecule has 1 unspecified atom stereocenters. The number of carbonyl (C=O) groups is 2. The molecule has 2 N–H and O–H groups in total. The number of rotatable bonds is 5. The van der Waals surface area contributed by atoms with Crippen LogP contribution in [0.25, 0.3) is 0 Å². The first-order valence-corrected chi connectivity index (χ1v) is 8.45. The quantitative estimate of drug-likeness (QED) is 0.801. The molecule has 0 saturated carbocycles. The Bertz CT molecular complexity index is 967. The van der Waals surface area contributed by atoms with Crippen molar-refractivity contribution in [2.45, 2.75) is 25.2 Å². The highest BCUT2D eigenvalue weighted by molar-refractivity contribution is 6.35. The van der Waals surface area contributed by atoms with Gasteiger partial charge in [0.05, 0.1) is 18.5 Å². The van der Waals surface area contributed by atoms with E-state index in [4.69, 9.17) is 10.5 Å². The van der Waals surface area contributed by atoms with Crippen LogP contribution in [0.4, 0.5) is 14.5 Å². The van der Waals surface area contributed by atoms with Crippen LogP contribution < -0.4 is 15.5 Å². The number of alkyl halides is 2. The van der Waals surface area contributed by atoms with Crippen molar-refractivity contribution in [3.63, 3.8) is 0 Å². The Morgan fingerprint density at radius 2 is 1.86 bits per heavy atom. The van der Waals surface area contributed by atoms with E-state index < -0.39 is 23.2 Å². The van der Waals surface area contributed by atoms with Crippen molar-refractivity contribution >= 4 is 23.2 Å². The monoisotopic (exact) mass is 387 g/mol. The van der Waals surface area contributed by atoms with Crippen LogP contribution in [-0.4, -0.2) is 24.6 Å². The predicted octanol–water partition coefficient (Wildman–Crippen LogP) is 2.95. The molecular formula is C20H19F2N3O3. The van der Waals surface area contributed by atoms with E-state index in [1.54, 1.807) is 24.3 Å². The highest BCUT2D eigenvalue weighted by atomic mass is 19.3. The van der Waals surface area contributed by atoms with Crippen molar-refractivity contribution < 1.29 is 23.1 Å². The van der Waals surface area contributed by atoms with Crippen molar-refractivity contribution in [3.05, 3.63) is 59.7 Å². The number of hydrogen-bond donors (Lipinski definition) is 1. The lowest BCUT2D eigenvalue weighted by atomic mass is 9.75. The van der Waals surface area contributed by atoms with E-state index in [0.717, 1.165) is 18.0 Å². The molecule has 1 heterocycles. The molecule has 8 heteroatoms. The van der Waals surface area contributed by atoms with Gasteiger partial charge in [0, 0.05) is 12.5 Å². The number of benzene rings is 2. The lowest BCUT2D eigenvalue weighted by molar-refractivity contribution is -0.130. The van der Waals surface area contributed by atoms with Crippen LogP contribution >= 0.6 is 0 Å². The van der Waals surface area contributed by atoms with E-state index in [1.165, 1.54) is 32.2 Å². The number of primary amides is 1. The largest absolute Gasteiger partial charge is 0.497 e. The Morgan fingerprint density at radius 1 is 1.21 bits per heavy atom. The van der Waals surface area contributed by atoms with Crippen LogP contribution in [0.1, 0.15) is 25.0 Å². The molecule has 0 aliphatic carbocycles. The second-order valence-corrected chi connectivity index (χ2v) is 6.58. The Morgan fingerprint density at radius 3 is 2.39 bits per heavy atom. The Kier molecular flexibility index (Phi) is 4.66. The molecule has 2 amide bonds. The molecule has 0 fully saturated rings. The number of hydrogen-bond acceptors (Lipinski definition) is 4. The van der Waals surface area contributed by atoms with Gasteiger partial charge in [-0.3, -0.25) is 9.59 Å². The third-order valence-corrected chi connectivity index (χ3v) is 4.79. The zero-order valence-electron chi connectivity index (χ0n) is 15.6. The van der Waals surface area contributed by atoms with Gasteiger partial charge in [0.1, 0.15) is 5.75 Å². The van der Waals surface area contributed by atoms with E-state index in [-0.39, 0.29) is 16.8 Å². The summed E-state index contributed by atoms with van der Waals surface area (Å²) in [6, 6.07) is 11.6. The molecule has 0 spiro atoms. The maximum atomic E-state index is 13.8. The Hall–Kier alpha value is -3.29. The lowest BCUT2D eigenvalue weighted by Crippen LogP contribution is -2.53. The first-order valence-electron chi connectivity index (χ1n) is 8.45. The summed E-state index contributed by atoms with van der Waals surface area (Å²) in [5, 5.41) is 5.26. The number of nitrogens with two attached hydrogens (primary N) is 1. The number of hydrazone groups is 1. The smallest absolute Gasteiger partial charge is 0.273 e. The van der Waals surface area contributed by atoms with E-state index in [0.29, 0.717) is 11.4 Å². The fraction of sp³-hybridized carbons (Fsp3) is 0.250. The van der Waals surface area contributed by atoms with Gasteiger partial charge in [-0.1, -0.05) is 18.2 Å². The molecule has 0 saturated heterocycles. The van der Waals surface area contributed by atoms with Crippen molar-refractivity contribution in [2.75, 3.05) is 12.1 Å². The minimum absolute atomic E-state index is 0.0567. The molecule has 0 radical (unpaired) electrons. The number of methoxy groups -OCH3 is 1. The van der Waals surface area contributed by atoms with E-state index in [9.17, 15) is 18.4 Å². The topological polar surface area (TPSA) is 85.0 Å². The zero-order chi connectivity index (χ0) is 20.7. The third-order valence-electron chi connectivity index (χ3n) is 4.79. The van der Waals surface area contributed by atoms with Gasteiger partial charge in [-0.15, -0.1) is 0 Å². The fourth-order valence-corrected chi connectivity index (χ4v) is 3.27. The number of nitrogens with zero attached hydrogens (tertiary/aromatic N) is 2. The number of carbonyl (C=O) groups excluding carboxylic acids is 2. The fourth-order valence-electron chi connectivity index (χ4n) is 3.27. The maximum absolute atomic E-state index is 13.8. The molecule has 0 bridgehead atoms. The summed E-state index contributed by atoms with van der Waals surface area (Å²) in [4.78, 5) is 25.8. The molecule has 28 heavy (non-hydrogen) atoms. The standard InChI is InChI=1S/C20H19F2N3O3/c1-12-20(17(23)26,14-6-4-5-13(11-14)19(2,21)22)18(27)25(24-12)15-7-9-16(28-3)10-8-15/h4-11H,1-3H3,(H2,23,26). The van der Waals surface area contributed by atoms with Crippen LogP contribution in [0.5, 0.6) is 5.75 Å². The van der Waals surface area contributed by atoms with Crippen molar-refractivity contribution in [1.82, 2.24) is 0 Å². The third kappa shape index (κ3) is 2.90. The molecule has 0 aromatic heterocycles. The number of halogens is 2. The normalized spacial score (nSPS) is 19.5. The van der Waals surface area contributed by atoms with Crippen LogP contribution in [0.3, 0.4) is 0 Å². The minimum atomic E-state index is -3.14. The number of anilines is 1. The molecule has 3 rings (SSSR count). The van der Waals surface area contributed by atoms with E-state index >= 15 is 0 Å². The van der Waals surface area contributed by atoms with Crippen LogP contribution in [0.15, 0.2) is 53.6 Å². The zero-order valence-corrected chi connectivity index (χ0v) is 15.6. The molecule has 1 atom stereocenters. The summed E-state index contributed by atoms with van der Waals surface area (Å²) in [6.07, 6.45) is 0. The molecule has 1 aliphatic heterocycles. The summed E-state index contributed by atoms with van der Waals surface area (Å²) in [6.45, 7) is 2.22. The highest BCUT2D eigenvalue weighted by Gasteiger charge is 2.56. The van der Waals surface area contributed by atoms with Gasteiger partial charge in [-0.2, -0.15) is 10.1 Å². The molecular weight excluding hydrogens is 368 g/mol. The molecule has 6 nitrogen and oxygen atoms in total. The number of amides is 2. The molecule has 146 valence electrons. The van der Waals surface area contributed by atoms with Crippen LogP contribution in [-0.2, 0) is 20.9 Å². The van der Waals surface area contributed by atoms with Crippen molar-refractivity contribution in [2.24, 2.45) is 10.8 Å². The van der Waals surface area contributed by atoms with Gasteiger partial charge in [-0.25, -0.2) is 8.78 Å². The van der Waals surface area contributed by atoms with E-state index in [2.05, 4.69) is 5.10 Å². The highest BCUT2D eigenvalue weighted by Crippen LogP contribution is 2.38.